The molecule has 5 heteroatoms. The number of para-hydroxylation sites is 1. The van der Waals surface area contributed by atoms with Crippen LogP contribution in [0.25, 0.3) is 0 Å². The number of nitrogens with one attached hydrogen (secondary N) is 2. The maximum atomic E-state index is 12.5. The van der Waals surface area contributed by atoms with Gasteiger partial charge in [0.05, 0.1) is 12.6 Å². The minimum atomic E-state index is -0.291. The second-order valence-electron chi connectivity index (χ2n) is 5.36. The molecule has 5 nitrogen and oxygen atoms in total. The quantitative estimate of drug-likeness (QED) is 0.864. The zero-order valence-corrected chi connectivity index (χ0v) is 11.9. The van der Waals surface area contributed by atoms with Crippen molar-refractivity contribution in [1.82, 2.24) is 10.2 Å². The Labute approximate surface area is 119 Å². The summed E-state index contributed by atoms with van der Waals surface area (Å²) in [4.78, 5) is 25.9. The Morgan fingerprint density at radius 2 is 2.00 bits per heavy atom. The zero-order chi connectivity index (χ0) is 14.5. The first-order chi connectivity index (χ1) is 9.58. The number of nitrogens with zero attached hydrogens (tertiary/aromatic N) is 1. The summed E-state index contributed by atoms with van der Waals surface area (Å²) in [5.41, 5.74) is 0.782. The molecule has 20 heavy (non-hydrogen) atoms. The van der Waals surface area contributed by atoms with E-state index in [-0.39, 0.29) is 30.3 Å². The van der Waals surface area contributed by atoms with Gasteiger partial charge in [0.2, 0.25) is 11.8 Å². The van der Waals surface area contributed by atoms with Crippen molar-refractivity contribution in [3.63, 3.8) is 0 Å². The second-order valence-corrected chi connectivity index (χ2v) is 5.36. The zero-order valence-electron chi connectivity index (χ0n) is 11.9. The van der Waals surface area contributed by atoms with Gasteiger partial charge in [-0.3, -0.25) is 14.5 Å². The van der Waals surface area contributed by atoms with Crippen LogP contribution in [0.1, 0.15) is 13.8 Å². The van der Waals surface area contributed by atoms with Gasteiger partial charge in [0.1, 0.15) is 0 Å². The van der Waals surface area contributed by atoms with E-state index in [9.17, 15) is 9.59 Å². The first kappa shape index (κ1) is 14.5. The van der Waals surface area contributed by atoms with Gasteiger partial charge in [-0.1, -0.05) is 32.0 Å². The fraction of sp³-hybridized carbons (Fsp3) is 0.467. The topological polar surface area (TPSA) is 61.4 Å². The fourth-order valence-corrected chi connectivity index (χ4v) is 2.52. The third-order valence-corrected chi connectivity index (χ3v) is 3.40. The maximum Gasteiger partial charge on any atom is 0.242 e. The van der Waals surface area contributed by atoms with Gasteiger partial charge in [0.15, 0.2) is 0 Å². The van der Waals surface area contributed by atoms with Crippen molar-refractivity contribution in [2.45, 2.75) is 19.9 Å². The van der Waals surface area contributed by atoms with Crippen molar-refractivity contribution in [3.8, 4) is 0 Å². The summed E-state index contributed by atoms with van der Waals surface area (Å²) >= 11 is 0. The van der Waals surface area contributed by atoms with Crippen molar-refractivity contribution in [3.05, 3.63) is 30.3 Å². The summed E-state index contributed by atoms with van der Waals surface area (Å²) in [7, 11) is 0. The molecule has 1 aromatic carbocycles. The largest absolute Gasteiger partial charge is 0.354 e. The van der Waals surface area contributed by atoms with Crippen LogP contribution in [0.2, 0.25) is 0 Å². The average molecular weight is 275 g/mol. The Hall–Kier alpha value is -1.88. The first-order valence-corrected chi connectivity index (χ1v) is 6.94. The number of anilines is 1. The van der Waals surface area contributed by atoms with E-state index < -0.39 is 0 Å². The van der Waals surface area contributed by atoms with Crippen molar-refractivity contribution in [2.75, 3.05) is 25.0 Å². The molecule has 1 aromatic rings. The molecule has 1 aliphatic heterocycles. The number of benzene rings is 1. The first-order valence-electron chi connectivity index (χ1n) is 6.94. The molecule has 1 unspecified atom stereocenters. The molecule has 2 amide bonds. The van der Waals surface area contributed by atoms with E-state index in [1.54, 1.807) is 0 Å². The number of piperazine rings is 1. The molecule has 0 bridgehead atoms. The number of amides is 2. The molecule has 1 aliphatic rings. The third kappa shape index (κ3) is 3.57. The molecule has 1 fully saturated rings. The average Bonchev–Trinajstić information content (AvgIpc) is 2.39. The molecule has 0 aliphatic carbocycles. The van der Waals surface area contributed by atoms with Crippen LogP contribution in [-0.4, -0.2) is 42.4 Å². The molecule has 1 atom stereocenters. The lowest BCUT2D eigenvalue weighted by molar-refractivity contribution is -0.129. The lowest BCUT2D eigenvalue weighted by Crippen LogP contribution is -2.56. The minimum Gasteiger partial charge on any atom is -0.354 e. The van der Waals surface area contributed by atoms with Gasteiger partial charge in [0, 0.05) is 18.8 Å². The molecular formula is C15H21N3O2. The van der Waals surface area contributed by atoms with Crippen molar-refractivity contribution in [2.24, 2.45) is 5.92 Å². The van der Waals surface area contributed by atoms with E-state index in [2.05, 4.69) is 10.6 Å². The number of rotatable bonds is 4. The predicted octanol–water partition coefficient (Wildman–Crippen LogP) is 1.08. The summed E-state index contributed by atoms with van der Waals surface area (Å²) in [6, 6.07) is 9.10. The normalized spacial score (nSPS) is 17.6. The van der Waals surface area contributed by atoms with Crippen LogP contribution in [-0.2, 0) is 9.59 Å². The molecule has 0 saturated carbocycles. The molecule has 108 valence electrons. The summed E-state index contributed by atoms with van der Waals surface area (Å²) in [5, 5.41) is 5.71. The van der Waals surface area contributed by atoms with Crippen LogP contribution in [0, 0.1) is 5.92 Å². The van der Waals surface area contributed by atoms with Crippen molar-refractivity contribution < 1.29 is 9.59 Å². The van der Waals surface area contributed by atoms with Crippen LogP contribution < -0.4 is 10.6 Å². The highest BCUT2D eigenvalue weighted by Crippen LogP contribution is 2.15. The monoisotopic (exact) mass is 275 g/mol. The van der Waals surface area contributed by atoms with Crippen LogP contribution in [0.3, 0.4) is 0 Å². The number of carbonyl (C=O) groups excluding carboxylic acids is 2. The number of hydrogen-bond acceptors (Lipinski definition) is 3. The van der Waals surface area contributed by atoms with E-state index in [1.165, 1.54) is 0 Å². The van der Waals surface area contributed by atoms with Crippen LogP contribution in [0.15, 0.2) is 30.3 Å². The summed E-state index contributed by atoms with van der Waals surface area (Å²) in [6.45, 7) is 5.59. The number of carbonyl (C=O) groups is 2. The highest BCUT2D eigenvalue weighted by Gasteiger charge is 2.31. The summed E-state index contributed by atoms with van der Waals surface area (Å²) < 4.78 is 0. The van der Waals surface area contributed by atoms with Gasteiger partial charge >= 0.3 is 0 Å². The van der Waals surface area contributed by atoms with Crippen LogP contribution in [0.4, 0.5) is 5.69 Å². The minimum absolute atomic E-state index is 0.0191. The third-order valence-electron chi connectivity index (χ3n) is 3.40. The second kappa shape index (κ2) is 6.52. The van der Waals surface area contributed by atoms with E-state index in [0.29, 0.717) is 13.1 Å². The molecular weight excluding hydrogens is 254 g/mol. The molecule has 0 radical (unpaired) electrons. The lowest BCUT2D eigenvalue weighted by Gasteiger charge is -2.35. The van der Waals surface area contributed by atoms with Crippen molar-refractivity contribution >= 4 is 17.5 Å². The molecule has 1 saturated heterocycles. The molecule has 1 heterocycles. The Balaban J connectivity index is 2.08. The smallest absolute Gasteiger partial charge is 0.242 e. The number of hydrogen-bond donors (Lipinski definition) is 2. The predicted molar refractivity (Wildman–Crippen MR) is 78.3 cm³/mol. The Kier molecular flexibility index (Phi) is 4.74. The maximum absolute atomic E-state index is 12.5. The van der Waals surface area contributed by atoms with Crippen molar-refractivity contribution in [1.29, 1.82) is 0 Å². The van der Waals surface area contributed by atoms with Gasteiger partial charge < -0.3 is 10.6 Å². The fourth-order valence-electron chi connectivity index (χ4n) is 2.52. The van der Waals surface area contributed by atoms with E-state index in [4.69, 9.17) is 0 Å². The van der Waals surface area contributed by atoms with E-state index >= 15 is 0 Å². The summed E-state index contributed by atoms with van der Waals surface area (Å²) in [6.07, 6.45) is 0. The molecule has 2 N–H and O–H groups in total. The molecule has 0 spiro atoms. The highest BCUT2D eigenvalue weighted by molar-refractivity contribution is 5.95. The molecule has 2 rings (SSSR count). The van der Waals surface area contributed by atoms with Crippen LogP contribution in [0.5, 0.6) is 0 Å². The summed E-state index contributed by atoms with van der Waals surface area (Å²) in [5.74, 6) is 0.0694. The Bertz CT molecular complexity index is 473. The Morgan fingerprint density at radius 1 is 1.30 bits per heavy atom. The van der Waals surface area contributed by atoms with Gasteiger partial charge in [-0.25, -0.2) is 0 Å². The van der Waals surface area contributed by atoms with Gasteiger partial charge in [-0.05, 0) is 18.1 Å². The van der Waals surface area contributed by atoms with E-state index in [1.807, 2.05) is 49.1 Å². The van der Waals surface area contributed by atoms with Gasteiger partial charge in [-0.2, -0.15) is 0 Å². The lowest BCUT2D eigenvalue weighted by atomic mass is 10.0. The van der Waals surface area contributed by atoms with Gasteiger partial charge in [0.25, 0.3) is 0 Å². The highest BCUT2D eigenvalue weighted by atomic mass is 16.2. The van der Waals surface area contributed by atoms with Gasteiger partial charge in [-0.15, -0.1) is 0 Å². The Morgan fingerprint density at radius 3 is 2.60 bits per heavy atom. The SMILES string of the molecule is CC(C)C(C(=O)Nc1ccccc1)N1CCNC(=O)C1. The molecule has 0 aromatic heterocycles. The van der Waals surface area contributed by atoms with Crippen LogP contribution >= 0.6 is 0 Å². The standard InChI is InChI=1S/C15H21N3O2/c1-11(2)14(18-9-8-16-13(19)10-18)15(20)17-12-6-4-3-5-7-12/h3-7,11,14H,8-10H2,1-2H3,(H,16,19)(H,17,20). The van der Waals surface area contributed by atoms with E-state index in [0.717, 1.165) is 5.69 Å².